The third-order valence-electron chi connectivity index (χ3n) is 7.20. The van der Waals surface area contributed by atoms with E-state index in [-0.39, 0.29) is 5.91 Å². The standard InChI is InChI=1S/C31H33N3O3/c1-22-10-8-9-13-27(22)32-16-18-33(19-17-32)31(35)26-21-29(24-11-6-5-7-12-24)34(23(26)2)28-15-14-25(36-3)20-30(28)37-4/h5-15,20-21H,16-19H2,1-4H3. The molecule has 1 saturated heterocycles. The lowest BCUT2D eigenvalue weighted by Gasteiger charge is -2.36. The molecule has 1 amide bonds. The first-order valence-corrected chi connectivity index (χ1v) is 12.6. The number of aryl methyl sites for hydroxylation is 1. The number of hydrogen-bond donors (Lipinski definition) is 0. The van der Waals surface area contributed by atoms with Crippen molar-refractivity contribution in [2.45, 2.75) is 13.8 Å². The van der Waals surface area contributed by atoms with Crippen LogP contribution in [0.25, 0.3) is 16.9 Å². The number of carbonyl (C=O) groups is 1. The Kier molecular flexibility index (Phi) is 6.91. The molecule has 1 aliphatic rings. The van der Waals surface area contributed by atoms with E-state index in [9.17, 15) is 4.79 Å². The summed E-state index contributed by atoms with van der Waals surface area (Å²) >= 11 is 0. The fourth-order valence-corrected chi connectivity index (χ4v) is 5.16. The Morgan fingerprint density at radius 3 is 2.14 bits per heavy atom. The molecule has 0 aliphatic carbocycles. The van der Waals surface area contributed by atoms with Gasteiger partial charge in [-0.15, -0.1) is 0 Å². The number of rotatable bonds is 6. The molecular weight excluding hydrogens is 462 g/mol. The Labute approximate surface area is 218 Å². The maximum atomic E-state index is 13.9. The van der Waals surface area contributed by atoms with Gasteiger partial charge in [0, 0.05) is 43.6 Å². The highest BCUT2D eigenvalue weighted by molar-refractivity contribution is 5.97. The molecule has 0 spiro atoms. The number of para-hydroxylation sites is 1. The van der Waals surface area contributed by atoms with Gasteiger partial charge in [-0.25, -0.2) is 0 Å². The summed E-state index contributed by atoms with van der Waals surface area (Å²) in [6.07, 6.45) is 0. The van der Waals surface area contributed by atoms with Crippen LogP contribution in [0, 0.1) is 13.8 Å². The molecule has 4 aromatic rings. The van der Waals surface area contributed by atoms with Crippen molar-refractivity contribution in [3.8, 4) is 28.4 Å². The fraction of sp³-hybridized carbons (Fsp3) is 0.258. The SMILES string of the molecule is COc1ccc(-n2c(-c3ccccc3)cc(C(=O)N3CCN(c4ccccc4C)CC3)c2C)c(OC)c1. The van der Waals surface area contributed by atoms with E-state index in [2.05, 4.69) is 52.8 Å². The van der Waals surface area contributed by atoms with E-state index in [4.69, 9.17) is 9.47 Å². The van der Waals surface area contributed by atoms with E-state index in [1.54, 1.807) is 14.2 Å². The lowest BCUT2D eigenvalue weighted by atomic mass is 10.1. The average Bonchev–Trinajstić information content (AvgIpc) is 3.29. The van der Waals surface area contributed by atoms with E-state index >= 15 is 0 Å². The summed E-state index contributed by atoms with van der Waals surface area (Å²) in [7, 11) is 3.29. The zero-order chi connectivity index (χ0) is 25.9. The monoisotopic (exact) mass is 495 g/mol. The Balaban J connectivity index is 1.50. The third-order valence-corrected chi connectivity index (χ3v) is 7.20. The first-order chi connectivity index (χ1) is 18.0. The Hall–Kier alpha value is -4.19. The van der Waals surface area contributed by atoms with Crippen molar-refractivity contribution in [2.75, 3.05) is 45.3 Å². The Morgan fingerprint density at radius 1 is 0.757 bits per heavy atom. The van der Waals surface area contributed by atoms with Crippen molar-refractivity contribution in [3.63, 3.8) is 0 Å². The first-order valence-electron chi connectivity index (χ1n) is 12.6. The summed E-state index contributed by atoms with van der Waals surface area (Å²) in [6, 6.07) is 26.4. The summed E-state index contributed by atoms with van der Waals surface area (Å²) in [4.78, 5) is 18.2. The minimum absolute atomic E-state index is 0.0605. The summed E-state index contributed by atoms with van der Waals surface area (Å²) < 4.78 is 13.3. The van der Waals surface area contributed by atoms with Crippen LogP contribution in [0.15, 0.2) is 78.9 Å². The van der Waals surface area contributed by atoms with Crippen molar-refractivity contribution in [1.29, 1.82) is 0 Å². The summed E-state index contributed by atoms with van der Waals surface area (Å²) in [6.45, 7) is 7.14. The Bertz CT molecular complexity index is 1400. The highest BCUT2D eigenvalue weighted by Crippen LogP contribution is 2.36. The van der Waals surface area contributed by atoms with Crippen molar-refractivity contribution < 1.29 is 14.3 Å². The van der Waals surface area contributed by atoms with E-state index < -0.39 is 0 Å². The summed E-state index contributed by atoms with van der Waals surface area (Å²) in [5.41, 5.74) is 6.94. The molecule has 5 rings (SSSR count). The topological polar surface area (TPSA) is 46.9 Å². The second-order valence-electron chi connectivity index (χ2n) is 9.33. The number of benzene rings is 3. The smallest absolute Gasteiger partial charge is 0.255 e. The number of carbonyl (C=O) groups excluding carboxylic acids is 1. The molecule has 3 aromatic carbocycles. The number of hydrogen-bond acceptors (Lipinski definition) is 4. The zero-order valence-electron chi connectivity index (χ0n) is 21.9. The van der Waals surface area contributed by atoms with Gasteiger partial charge < -0.3 is 23.8 Å². The van der Waals surface area contributed by atoms with Crippen LogP contribution in [0.2, 0.25) is 0 Å². The van der Waals surface area contributed by atoms with Gasteiger partial charge in [-0.05, 0) is 49.2 Å². The molecule has 6 heteroatoms. The van der Waals surface area contributed by atoms with Crippen molar-refractivity contribution in [3.05, 3.63) is 95.7 Å². The molecular formula is C31H33N3O3. The minimum Gasteiger partial charge on any atom is -0.497 e. The van der Waals surface area contributed by atoms with Gasteiger partial charge in [-0.2, -0.15) is 0 Å². The normalized spacial score (nSPS) is 13.5. The van der Waals surface area contributed by atoms with E-state index in [0.717, 1.165) is 41.5 Å². The highest BCUT2D eigenvalue weighted by Gasteiger charge is 2.27. The maximum Gasteiger partial charge on any atom is 0.255 e. The van der Waals surface area contributed by atoms with Gasteiger partial charge in [0.2, 0.25) is 0 Å². The molecule has 2 heterocycles. The number of nitrogens with zero attached hydrogens (tertiary/aromatic N) is 3. The second-order valence-corrected chi connectivity index (χ2v) is 9.33. The van der Waals surface area contributed by atoms with Gasteiger partial charge in [0.15, 0.2) is 0 Å². The molecule has 0 atom stereocenters. The molecule has 190 valence electrons. The number of ether oxygens (including phenoxy) is 2. The molecule has 1 aromatic heterocycles. The predicted molar refractivity (Wildman–Crippen MR) is 148 cm³/mol. The highest BCUT2D eigenvalue weighted by atomic mass is 16.5. The molecule has 0 unspecified atom stereocenters. The fourth-order valence-electron chi connectivity index (χ4n) is 5.16. The molecule has 1 aliphatic heterocycles. The van der Waals surface area contributed by atoms with Crippen LogP contribution in [0.5, 0.6) is 11.5 Å². The predicted octanol–water partition coefficient (Wildman–Crippen LogP) is 5.74. The quantitative estimate of drug-likeness (QED) is 0.342. The molecule has 0 saturated carbocycles. The second kappa shape index (κ2) is 10.4. The Morgan fingerprint density at radius 2 is 1.46 bits per heavy atom. The zero-order valence-corrected chi connectivity index (χ0v) is 21.9. The number of methoxy groups -OCH3 is 2. The number of aromatic nitrogens is 1. The van der Waals surface area contributed by atoms with Gasteiger partial charge >= 0.3 is 0 Å². The lowest BCUT2D eigenvalue weighted by molar-refractivity contribution is 0.0746. The number of piperazine rings is 1. The van der Waals surface area contributed by atoms with Crippen LogP contribution >= 0.6 is 0 Å². The summed E-state index contributed by atoms with van der Waals surface area (Å²) in [5, 5.41) is 0. The number of amides is 1. The minimum atomic E-state index is 0.0605. The van der Waals surface area contributed by atoms with Crippen molar-refractivity contribution in [2.24, 2.45) is 0 Å². The molecule has 0 N–H and O–H groups in total. The van der Waals surface area contributed by atoms with Crippen LogP contribution in [0.4, 0.5) is 5.69 Å². The van der Waals surface area contributed by atoms with E-state index in [1.807, 2.05) is 54.3 Å². The largest absolute Gasteiger partial charge is 0.497 e. The van der Waals surface area contributed by atoms with Gasteiger partial charge in [0.1, 0.15) is 11.5 Å². The van der Waals surface area contributed by atoms with Crippen LogP contribution in [-0.4, -0.2) is 55.8 Å². The maximum absolute atomic E-state index is 13.9. The third kappa shape index (κ3) is 4.67. The molecule has 0 radical (unpaired) electrons. The molecule has 1 fully saturated rings. The van der Waals surface area contributed by atoms with Gasteiger partial charge in [-0.1, -0.05) is 48.5 Å². The van der Waals surface area contributed by atoms with Gasteiger partial charge in [0.25, 0.3) is 5.91 Å². The van der Waals surface area contributed by atoms with Crippen LogP contribution in [0.3, 0.4) is 0 Å². The number of anilines is 1. The lowest BCUT2D eigenvalue weighted by Crippen LogP contribution is -2.49. The van der Waals surface area contributed by atoms with E-state index in [1.165, 1.54) is 11.3 Å². The van der Waals surface area contributed by atoms with Gasteiger partial charge in [0.05, 0.1) is 31.2 Å². The van der Waals surface area contributed by atoms with Crippen LogP contribution in [-0.2, 0) is 0 Å². The van der Waals surface area contributed by atoms with Crippen molar-refractivity contribution >= 4 is 11.6 Å². The van der Waals surface area contributed by atoms with Gasteiger partial charge in [-0.3, -0.25) is 4.79 Å². The van der Waals surface area contributed by atoms with Crippen LogP contribution in [0.1, 0.15) is 21.6 Å². The molecule has 6 nitrogen and oxygen atoms in total. The first kappa shape index (κ1) is 24.5. The average molecular weight is 496 g/mol. The van der Waals surface area contributed by atoms with Crippen LogP contribution < -0.4 is 14.4 Å². The van der Waals surface area contributed by atoms with E-state index in [0.29, 0.717) is 24.4 Å². The summed E-state index contributed by atoms with van der Waals surface area (Å²) in [5.74, 6) is 1.46. The molecule has 37 heavy (non-hydrogen) atoms. The van der Waals surface area contributed by atoms with Crippen molar-refractivity contribution in [1.82, 2.24) is 9.47 Å². The molecule has 0 bridgehead atoms.